The van der Waals surface area contributed by atoms with E-state index in [2.05, 4.69) is 33.3 Å². The number of hydrogen-bond acceptors (Lipinski definition) is 5. The van der Waals surface area contributed by atoms with E-state index in [1.54, 1.807) is 4.90 Å². The van der Waals surface area contributed by atoms with Crippen LogP contribution in [0.3, 0.4) is 0 Å². The highest BCUT2D eigenvalue weighted by molar-refractivity contribution is 7.96. The number of nitrogens with one attached hydrogen (secondary N) is 2. The van der Waals surface area contributed by atoms with Crippen molar-refractivity contribution in [3.05, 3.63) is 52.7 Å². The number of nitrogens with zero attached hydrogens (tertiary/aromatic N) is 5. The molecule has 3 fully saturated rings. The van der Waals surface area contributed by atoms with Gasteiger partial charge in [-0.3, -0.25) is 19.1 Å². The minimum absolute atomic E-state index is 0.0444. The van der Waals surface area contributed by atoms with E-state index in [0.717, 1.165) is 17.0 Å². The van der Waals surface area contributed by atoms with Crippen LogP contribution in [-0.2, 0) is 13.2 Å². The van der Waals surface area contributed by atoms with Gasteiger partial charge in [0.15, 0.2) is 11.5 Å². The van der Waals surface area contributed by atoms with E-state index in [1.165, 1.54) is 25.2 Å². The Morgan fingerprint density at radius 1 is 1.14 bits per heavy atom. The zero-order chi connectivity index (χ0) is 30.3. The molecule has 0 radical (unpaired) electrons. The highest BCUT2D eigenvalue weighted by Crippen LogP contribution is 2.53. The summed E-state index contributed by atoms with van der Waals surface area (Å²) in [6.07, 6.45) is -3.66. The molecule has 4 atom stereocenters. The number of carbonyl (C=O) groups is 3. The fourth-order valence-corrected chi connectivity index (χ4v) is 5.82. The van der Waals surface area contributed by atoms with Gasteiger partial charge in [-0.05, 0) is 18.2 Å². The number of anilines is 1. The van der Waals surface area contributed by atoms with E-state index in [4.69, 9.17) is 11.6 Å². The van der Waals surface area contributed by atoms with Crippen LogP contribution in [0.1, 0.15) is 39.1 Å². The number of halogens is 6. The molecule has 222 valence electrons. The molecule has 6 rings (SSSR count). The summed E-state index contributed by atoms with van der Waals surface area (Å²) >= 11 is 10.1. The summed E-state index contributed by atoms with van der Waals surface area (Å²) < 4.78 is 69.7. The van der Waals surface area contributed by atoms with Gasteiger partial charge in [-0.2, -0.15) is 18.3 Å². The van der Waals surface area contributed by atoms with Crippen molar-refractivity contribution in [3.63, 3.8) is 0 Å². The molecule has 42 heavy (non-hydrogen) atoms. The van der Waals surface area contributed by atoms with Crippen molar-refractivity contribution in [1.82, 2.24) is 29.5 Å². The molecule has 2 aliphatic carbocycles. The zero-order valence-corrected chi connectivity index (χ0v) is 23.1. The number of likely N-dealkylation sites (tertiary alicyclic amines) is 1. The third-order valence-electron chi connectivity index (χ3n) is 7.81. The second-order valence-electron chi connectivity index (χ2n) is 10.5. The van der Waals surface area contributed by atoms with Gasteiger partial charge in [-0.1, -0.05) is 24.2 Å². The molecule has 3 heterocycles. The number of thiol groups is 1. The summed E-state index contributed by atoms with van der Waals surface area (Å²) in [4.78, 5) is 42.6. The number of hydrogen-bond donors (Lipinski definition) is 3. The van der Waals surface area contributed by atoms with Gasteiger partial charge in [0.05, 0.1) is 28.0 Å². The summed E-state index contributed by atoms with van der Waals surface area (Å²) in [6, 6.07) is 2.63. The minimum Gasteiger partial charge on any atom is -0.349 e. The predicted octanol–water partition coefficient (Wildman–Crippen LogP) is 4.50. The number of carbonyl (C=O) groups excluding carboxylic acids is 3. The summed E-state index contributed by atoms with van der Waals surface area (Å²) in [6.45, 7) is 1.03. The first-order valence-electron chi connectivity index (χ1n) is 12.6. The quantitative estimate of drug-likeness (QED) is 0.275. The van der Waals surface area contributed by atoms with Crippen molar-refractivity contribution >= 4 is 47.0 Å². The van der Waals surface area contributed by atoms with Gasteiger partial charge in [0, 0.05) is 56.3 Å². The molecule has 1 aliphatic heterocycles. The summed E-state index contributed by atoms with van der Waals surface area (Å²) in [5.41, 5.74) is -1.67. The molecular formula is C25H21ClF5N7O3S. The first-order chi connectivity index (χ1) is 19.7. The SMILES string of the molecule is Cn1c(-c2cn([C@@H]3CC3(F)F)nc2C(F)(F)F)cnc1C(=O)Nc1ccc(C(=O)NC2[C@H]3CN(C(=O)S)C[C@@H]23)c(Cl)c1. The van der Waals surface area contributed by atoms with Gasteiger partial charge in [0.25, 0.3) is 23.0 Å². The summed E-state index contributed by atoms with van der Waals surface area (Å²) in [5.74, 6) is -4.31. The fourth-order valence-electron chi connectivity index (χ4n) is 5.39. The molecule has 17 heteroatoms. The number of amides is 3. The lowest BCUT2D eigenvalue weighted by Gasteiger charge is -2.17. The van der Waals surface area contributed by atoms with Crippen molar-refractivity contribution in [3.8, 4) is 11.3 Å². The topological polar surface area (TPSA) is 114 Å². The Balaban J connectivity index is 1.15. The maximum Gasteiger partial charge on any atom is 0.435 e. The van der Waals surface area contributed by atoms with Crippen LogP contribution in [0.2, 0.25) is 5.02 Å². The van der Waals surface area contributed by atoms with Crippen LogP contribution in [0.4, 0.5) is 32.4 Å². The Labute approximate surface area is 244 Å². The molecule has 1 unspecified atom stereocenters. The number of fused-ring (bicyclic) bond motifs is 1. The maximum atomic E-state index is 13.7. The summed E-state index contributed by atoms with van der Waals surface area (Å²) in [7, 11) is 1.31. The average molecular weight is 630 g/mol. The molecule has 3 aliphatic rings. The maximum absolute atomic E-state index is 13.7. The van der Waals surface area contributed by atoms with Gasteiger partial charge >= 0.3 is 6.18 Å². The standard InChI is InChI=1S/C25H21ClF5N7O3S/c1-36-16(14-9-38(17-5-24(17,27)28)35-19(14)25(29,30)31)6-32-20(36)22(40)33-10-2-3-11(15(26)4-10)21(39)34-18-12-7-37(23(41)42)8-13(12)18/h2-4,6,9,12-13,17-18H,5,7-8H2,1H3,(H,33,40)(H,34,39)(H,41,42)/t12-,13+,17-,18?/m1/s1. The number of benzene rings is 1. The van der Waals surface area contributed by atoms with Crippen LogP contribution in [0, 0.1) is 11.8 Å². The predicted molar refractivity (Wildman–Crippen MR) is 142 cm³/mol. The van der Waals surface area contributed by atoms with Crippen LogP contribution in [-0.4, -0.2) is 66.3 Å². The van der Waals surface area contributed by atoms with Gasteiger partial charge in [0.1, 0.15) is 6.04 Å². The lowest BCUT2D eigenvalue weighted by molar-refractivity contribution is -0.141. The lowest BCUT2D eigenvalue weighted by Crippen LogP contribution is -2.35. The number of imidazole rings is 1. The first kappa shape index (κ1) is 28.5. The Bertz CT molecular complexity index is 1630. The molecule has 2 saturated carbocycles. The van der Waals surface area contributed by atoms with Gasteiger partial charge < -0.3 is 20.1 Å². The van der Waals surface area contributed by atoms with Crippen LogP contribution in [0.5, 0.6) is 0 Å². The number of aromatic nitrogens is 4. The molecule has 10 nitrogen and oxygen atoms in total. The van der Waals surface area contributed by atoms with Crippen molar-refractivity contribution in [2.45, 2.75) is 30.6 Å². The lowest BCUT2D eigenvalue weighted by atomic mass is 10.2. The highest BCUT2D eigenvalue weighted by atomic mass is 35.5. The minimum atomic E-state index is -4.94. The van der Waals surface area contributed by atoms with Gasteiger partial charge in [-0.15, -0.1) is 0 Å². The normalized spacial score (nSPS) is 23.9. The van der Waals surface area contributed by atoms with Crippen molar-refractivity contribution in [2.24, 2.45) is 18.9 Å². The second-order valence-corrected chi connectivity index (χ2v) is 11.3. The van der Waals surface area contributed by atoms with E-state index in [0.29, 0.717) is 17.8 Å². The zero-order valence-electron chi connectivity index (χ0n) is 21.5. The molecule has 2 aromatic heterocycles. The molecule has 0 bridgehead atoms. The number of alkyl halides is 5. The Morgan fingerprint density at radius 2 is 1.81 bits per heavy atom. The molecule has 0 spiro atoms. The Morgan fingerprint density at radius 3 is 2.38 bits per heavy atom. The second kappa shape index (κ2) is 9.69. The van der Waals surface area contributed by atoms with Crippen LogP contribution in [0.25, 0.3) is 11.3 Å². The smallest absolute Gasteiger partial charge is 0.349 e. The molecule has 3 amide bonds. The third kappa shape index (κ3) is 4.99. The largest absolute Gasteiger partial charge is 0.435 e. The van der Waals surface area contributed by atoms with E-state index in [1.807, 2.05) is 0 Å². The van der Waals surface area contributed by atoms with E-state index in [-0.39, 0.29) is 50.9 Å². The summed E-state index contributed by atoms with van der Waals surface area (Å²) in [5, 5.41) is 8.54. The molecular weight excluding hydrogens is 609 g/mol. The van der Waals surface area contributed by atoms with Crippen LogP contribution in [0.15, 0.2) is 30.6 Å². The highest BCUT2D eigenvalue weighted by Gasteiger charge is 2.60. The Hall–Kier alpha value is -3.66. The van der Waals surface area contributed by atoms with E-state index >= 15 is 0 Å². The van der Waals surface area contributed by atoms with Gasteiger partial charge in [-0.25, -0.2) is 13.8 Å². The van der Waals surface area contributed by atoms with Crippen molar-refractivity contribution < 1.29 is 36.3 Å². The molecule has 1 aromatic carbocycles. The van der Waals surface area contributed by atoms with Crippen LogP contribution >= 0.6 is 24.2 Å². The van der Waals surface area contributed by atoms with Gasteiger partial charge in [0.2, 0.25) is 0 Å². The van der Waals surface area contributed by atoms with Crippen molar-refractivity contribution in [2.75, 3.05) is 18.4 Å². The molecule has 2 N–H and O–H groups in total. The third-order valence-corrected chi connectivity index (χ3v) is 8.41. The van der Waals surface area contributed by atoms with Crippen molar-refractivity contribution in [1.29, 1.82) is 0 Å². The van der Waals surface area contributed by atoms with Crippen LogP contribution < -0.4 is 10.6 Å². The fraction of sp³-hybridized carbons (Fsp3) is 0.400. The number of rotatable bonds is 6. The first-order valence-corrected chi connectivity index (χ1v) is 13.4. The average Bonchev–Trinajstić information content (AvgIpc) is 3.42. The van der Waals surface area contributed by atoms with E-state index < -0.39 is 47.6 Å². The Kier molecular flexibility index (Phi) is 6.57. The van der Waals surface area contributed by atoms with E-state index in [9.17, 15) is 36.3 Å². The molecule has 1 saturated heterocycles. The molecule has 3 aromatic rings. The monoisotopic (exact) mass is 629 g/mol. The number of piperidine rings is 1.